The third-order valence-corrected chi connectivity index (χ3v) is 3.67. The van der Waals surface area contributed by atoms with Gasteiger partial charge in [0.15, 0.2) is 0 Å². The van der Waals surface area contributed by atoms with E-state index in [4.69, 9.17) is 10.5 Å². The number of esters is 1. The summed E-state index contributed by atoms with van der Waals surface area (Å²) < 4.78 is 5.15. The molecule has 0 unspecified atom stereocenters. The number of hydrogen-bond acceptors (Lipinski definition) is 3. The number of benzene rings is 1. The van der Waals surface area contributed by atoms with Gasteiger partial charge in [0.1, 0.15) is 5.75 Å². The van der Waals surface area contributed by atoms with Gasteiger partial charge in [-0.2, -0.15) is 0 Å². The van der Waals surface area contributed by atoms with E-state index in [2.05, 4.69) is 13.0 Å². The monoisotopic (exact) mass is 291 g/mol. The van der Waals surface area contributed by atoms with E-state index in [1.165, 1.54) is 57.4 Å². The van der Waals surface area contributed by atoms with E-state index in [1.807, 2.05) is 12.1 Å². The molecule has 21 heavy (non-hydrogen) atoms. The summed E-state index contributed by atoms with van der Waals surface area (Å²) in [7, 11) is 0. The first-order valence-electron chi connectivity index (χ1n) is 8.17. The first-order chi connectivity index (χ1) is 10.2. The van der Waals surface area contributed by atoms with Gasteiger partial charge in [-0.1, -0.05) is 57.6 Å². The van der Waals surface area contributed by atoms with Gasteiger partial charge in [0.25, 0.3) is 0 Å². The molecule has 1 aromatic rings. The summed E-state index contributed by atoms with van der Waals surface area (Å²) in [5, 5.41) is 0. The molecule has 0 aliphatic rings. The van der Waals surface area contributed by atoms with Crippen molar-refractivity contribution in [2.24, 2.45) is 5.73 Å². The Hall–Kier alpha value is -1.35. The van der Waals surface area contributed by atoms with Crippen molar-refractivity contribution in [2.75, 3.05) is 0 Å². The highest BCUT2D eigenvalue weighted by Crippen LogP contribution is 2.21. The lowest BCUT2D eigenvalue weighted by Gasteiger charge is -2.10. The maximum Gasteiger partial charge on any atom is 0.308 e. The van der Waals surface area contributed by atoms with Crippen LogP contribution in [0.25, 0.3) is 0 Å². The molecular weight excluding hydrogens is 262 g/mol. The number of hydrogen-bond donors (Lipinski definition) is 1. The predicted molar refractivity (Wildman–Crippen MR) is 87.3 cm³/mol. The molecule has 2 N–H and O–H groups in total. The van der Waals surface area contributed by atoms with Crippen molar-refractivity contribution in [3.05, 3.63) is 29.3 Å². The van der Waals surface area contributed by atoms with Crippen molar-refractivity contribution in [3.8, 4) is 5.75 Å². The van der Waals surface area contributed by atoms with Gasteiger partial charge in [-0.3, -0.25) is 4.79 Å². The Morgan fingerprint density at radius 2 is 1.76 bits per heavy atom. The Kier molecular flexibility index (Phi) is 8.76. The molecule has 0 atom stereocenters. The van der Waals surface area contributed by atoms with E-state index in [1.54, 1.807) is 0 Å². The van der Waals surface area contributed by atoms with Crippen LogP contribution in [0.15, 0.2) is 18.2 Å². The van der Waals surface area contributed by atoms with Gasteiger partial charge in [-0.25, -0.2) is 0 Å². The summed E-state index contributed by atoms with van der Waals surface area (Å²) in [4.78, 5) is 11.0. The molecule has 0 aliphatic heterocycles. The first kappa shape index (κ1) is 17.7. The molecule has 0 saturated heterocycles. The summed E-state index contributed by atoms with van der Waals surface area (Å²) >= 11 is 0. The number of aryl methyl sites for hydroxylation is 1. The minimum atomic E-state index is -0.301. The van der Waals surface area contributed by atoms with E-state index in [-0.39, 0.29) is 5.97 Å². The van der Waals surface area contributed by atoms with Crippen LogP contribution in [-0.4, -0.2) is 5.97 Å². The van der Waals surface area contributed by atoms with Crippen molar-refractivity contribution in [1.29, 1.82) is 0 Å². The lowest BCUT2D eigenvalue weighted by atomic mass is 10.0. The van der Waals surface area contributed by atoms with Crippen LogP contribution in [0.4, 0.5) is 0 Å². The second-order valence-electron chi connectivity index (χ2n) is 5.61. The third kappa shape index (κ3) is 7.28. The molecule has 1 rings (SSSR count). The summed E-state index contributed by atoms with van der Waals surface area (Å²) in [6, 6.07) is 5.96. The normalized spacial score (nSPS) is 10.6. The Morgan fingerprint density at radius 3 is 2.38 bits per heavy atom. The fourth-order valence-corrected chi connectivity index (χ4v) is 2.49. The van der Waals surface area contributed by atoms with Crippen LogP contribution < -0.4 is 10.5 Å². The average Bonchev–Trinajstić information content (AvgIpc) is 2.47. The Bertz CT molecular complexity index is 429. The smallest absolute Gasteiger partial charge is 0.308 e. The summed E-state index contributed by atoms with van der Waals surface area (Å²) in [6.45, 7) is 4.05. The molecule has 118 valence electrons. The van der Waals surface area contributed by atoms with Gasteiger partial charge in [0, 0.05) is 19.0 Å². The molecule has 0 bridgehead atoms. The Labute approximate surface area is 128 Å². The van der Waals surface area contributed by atoms with E-state index >= 15 is 0 Å². The number of nitrogens with two attached hydrogens (primary N) is 1. The topological polar surface area (TPSA) is 52.3 Å². The average molecular weight is 291 g/mol. The quantitative estimate of drug-likeness (QED) is 0.396. The van der Waals surface area contributed by atoms with E-state index < -0.39 is 0 Å². The zero-order valence-electron chi connectivity index (χ0n) is 13.5. The number of carbonyl (C=O) groups is 1. The van der Waals surface area contributed by atoms with Crippen LogP contribution in [0.2, 0.25) is 0 Å². The molecule has 0 aliphatic carbocycles. The van der Waals surface area contributed by atoms with E-state index in [0.29, 0.717) is 12.3 Å². The fraction of sp³-hybridized carbons (Fsp3) is 0.611. The first-order valence-corrected chi connectivity index (χ1v) is 8.17. The predicted octanol–water partition coefficient (Wildman–Crippen LogP) is 4.36. The summed E-state index contributed by atoms with van der Waals surface area (Å²) in [5.74, 6) is 0.290. The van der Waals surface area contributed by atoms with Crippen LogP contribution in [0, 0.1) is 0 Å². The highest BCUT2D eigenvalue weighted by molar-refractivity contribution is 5.69. The number of rotatable bonds is 10. The van der Waals surface area contributed by atoms with Gasteiger partial charge >= 0.3 is 5.97 Å². The molecule has 0 spiro atoms. The van der Waals surface area contributed by atoms with Gasteiger partial charge in [0.2, 0.25) is 0 Å². The van der Waals surface area contributed by atoms with Gasteiger partial charge in [-0.05, 0) is 24.5 Å². The molecule has 3 heteroatoms. The molecule has 0 saturated carbocycles. The van der Waals surface area contributed by atoms with Crippen molar-refractivity contribution >= 4 is 5.97 Å². The fourth-order valence-electron chi connectivity index (χ4n) is 2.49. The van der Waals surface area contributed by atoms with Gasteiger partial charge in [-0.15, -0.1) is 0 Å². The largest absolute Gasteiger partial charge is 0.426 e. The van der Waals surface area contributed by atoms with E-state index in [0.717, 1.165) is 12.0 Å². The van der Waals surface area contributed by atoms with Crippen molar-refractivity contribution in [2.45, 2.75) is 71.8 Å². The second kappa shape index (κ2) is 10.4. The van der Waals surface area contributed by atoms with Crippen molar-refractivity contribution in [3.63, 3.8) is 0 Å². The molecule has 3 nitrogen and oxygen atoms in total. The zero-order valence-corrected chi connectivity index (χ0v) is 13.5. The Balaban J connectivity index is 2.37. The maximum atomic E-state index is 11.0. The maximum absolute atomic E-state index is 11.0. The van der Waals surface area contributed by atoms with Gasteiger partial charge in [0.05, 0.1) is 0 Å². The molecular formula is C18H29NO2. The molecule has 0 heterocycles. The number of ether oxygens (including phenoxy) is 1. The van der Waals surface area contributed by atoms with Crippen molar-refractivity contribution < 1.29 is 9.53 Å². The molecule has 0 amide bonds. The minimum Gasteiger partial charge on any atom is -0.426 e. The highest BCUT2D eigenvalue weighted by atomic mass is 16.5. The van der Waals surface area contributed by atoms with Crippen LogP contribution in [0.5, 0.6) is 5.75 Å². The second-order valence-corrected chi connectivity index (χ2v) is 5.61. The highest BCUT2D eigenvalue weighted by Gasteiger charge is 2.06. The Morgan fingerprint density at radius 1 is 1.10 bits per heavy atom. The van der Waals surface area contributed by atoms with Crippen LogP contribution in [0.3, 0.4) is 0 Å². The lowest BCUT2D eigenvalue weighted by molar-refractivity contribution is -0.131. The number of carbonyl (C=O) groups excluding carboxylic acids is 1. The molecule has 0 fully saturated rings. The van der Waals surface area contributed by atoms with Crippen LogP contribution in [0.1, 0.15) is 69.9 Å². The SMILES string of the molecule is CCCCCCCCCc1ccc(OC(C)=O)c(CN)c1. The lowest BCUT2D eigenvalue weighted by Crippen LogP contribution is -2.07. The van der Waals surface area contributed by atoms with Crippen LogP contribution in [-0.2, 0) is 17.8 Å². The minimum absolute atomic E-state index is 0.301. The zero-order chi connectivity index (χ0) is 15.5. The van der Waals surface area contributed by atoms with Crippen molar-refractivity contribution in [1.82, 2.24) is 0 Å². The molecule has 1 aromatic carbocycles. The van der Waals surface area contributed by atoms with E-state index in [9.17, 15) is 4.79 Å². The summed E-state index contributed by atoms with van der Waals surface area (Å²) in [5.41, 5.74) is 7.91. The number of unbranched alkanes of at least 4 members (excludes halogenated alkanes) is 6. The standard InChI is InChI=1S/C18H29NO2/c1-3-4-5-6-7-8-9-10-16-11-12-18(21-15(2)20)17(13-16)14-19/h11-13H,3-10,14,19H2,1-2H3. The third-order valence-electron chi connectivity index (χ3n) is 3.67. The molecule has 0 aromatic heterocycles. The molecule has 0 radical (unpaired) electrons. The van der Waals surface area contributed by atoms with Crippen LogP contribution >= 0.6 is 0 Å². The summed E-state index contributed by atoms with van der Waals surface area (Å²) in [6.07, 6.45) is 10.3. The van der Waals surface area contributed by atoms with Gasteiger partial charge < -0.3 is 10.5 Å².